The number of rotatable bonds is 28. The minimum Gasteiger partial charge on any atom is -0.506 e. The number of nitrogens with two attached hydrogens (primary N) is 5. The van der Waals surface area contributed by atoms with Crippen molar-refractivity contribution in [2.24, 2.45) is 30.7 Å². The second kappa shape index (κ2) is 50.8. The molecule has 23 nitrogen and oxygen atoms in total. The SMILES string of the molecule is CC(=NCC(=O)c1ccc(C(=O)NC2CCCC2)s1)c1csc(-c2ccc(Cl)c(Cl)c2)c1O.CC(=NCC(=O)c1ccc(C(N)=O)s1)c1csc(-c2ccc(Cl)c(Cl)c2)c1O.CC(=NCC(=O)c1ccc(N)c(N)c1)c1csc(-c2ccc(Cl)c(Cl)c2)c1O.CC(=NCC(=O)c1ccc(N)cc1)c1csc(-c2ccc(Cl)c(Cl)c2)c1O.CC(=NCC(=O)c1ccccc1N)c1csc(-c2ccc(Cl)c(Cl)c2)c1O. The quantitative estimate of drug-likeness (QED) is 0.0123. The van der Waals surface area contributed by atoms with Crippen LogP contribution in [0.15, 0.2) is 234 Å². The monoisotopic (exact) mass is 2240 g/mol. The molecule has 15 aromatic rings. The van der Waals surface area contributed by atoms with Gasteiger partial charge in [-0.3, -0.25) is 58.5 Å². The van der Waals surface area contributed by atoms with E-state index < -0.39 is 5.91 Å². The zero-order chi connectivity index (χ0) is 103. The van der Waals surface area contributed by atoms with Crippen molar-refractivity contribution in [3.8, 4) is 81.0 Å². The molecular weight excluding hydrogens is 2160 g/mol. The second-order valence-electron chi connectivity index (χ2n) is 31.6. The number of thiophene rings is 7. The van der Waals surface area contributed by atoms with Crippen molar-refractivity contribution in [3.63, 3.8) is 0 Å². The molecule has 0 unspecified atom stereocenters. The number of nitrogens with zero attached hydrogens (tertiary/aromatic N) is 5. The number of carbonyl (C=O) groups excluding carboxylic acids is 7. The van der Waals surface area contributed by atoms with E-state index >= 15 is 0 Å². The molecule has 0 aliphatic heterocycles. The Kier molecular flexibility index (Phi) is 39.1. The van der Waals surface area contributed by atoms with E-state index in [1.807, 2.05) is 0 Å². The van der Waals surface area contributed by atoms with Gasteiger partial charge in [0.25, 0.3) is 11.8 Å². The summed E-state index contributed by atoms with van der Waals surface area (Å²) in [5.41, 5.74) is 40.7. The van der Waals surface area contributed by atoms with E-state index in [9.17, 15) is 59.1 Å². The maximum Gasteiger partial charge on any atom is 0.261 e. The van der Waals surface area contributed by atoms with Gasteiger partial charge in [0.1, 0.15) is 61.5 Å². The molecule has 1 aliphatic carbocycles. The average molecular weight is 2250 g/mol. The number of aliphatic imine (C=N–C) groups is 5. The highest BCUT2D eigenvalue weighted by atomic mass is 35.5. The number of anilines is 4. The molecule has 0 radical (unpaired) electrons. The number of primary amides is 1. The van der Waals surface area contributed by atoms with E-state index in [1.165, 1.54) is 80.2 Å². The number of hydrogen-bond donors (Lipinski definition) is 11. The zero-order valence-electron chi connectivity index (χ0n) is 76.0. The van der Waals surface area contributed by atoms with Gasteiger partial charge in [0.15, 0.2) is 28.9 Å². The van der Waals surface area contributed by atoms with Gasteiger partial charge in [0.05, 0.1) is 105 Å². The molecule has 7 aromatic heterocycles. The molecule has 16 rings (SSSR count). The summed E-state index contributed by atoms with van der Waals surface area (Å²) in [5, 5.41) is 69.3. The smallest absolute Gasteiger partial charge is 0.261 e. The summed E-state index contributed by atoms with van der Waals surface area (Å²) >= 11 is 69.1. The lowest BCUT2D eigenvalue weighted by molar-refractivity contribution is 0.0938. The van der Waals surface area contributed by atoms with Crippen LogP contribution in [0.25, 0.3) is 52.2 Å². The molecule has 0 atom stereocenters. The van der Waals surface area contributed by atoms with Gasteiger partial charge >= 0.3 is 0 Å². The van der Waals surface area contributed by atoms with Crippen LogP contribution in [0.5, 0.6) is 28.7 Å². The highest BCUT2D eigenvalue weighted by Gasteiger charge is 2.26. The van der Waals surface area contributed by atoms with Gasteiger partial charge < -0.3 is 59.5 Å². The topological polar surface area (TPSA) is 425 Å². The highest BCUT2D eigenvalue weighted by molar-refractivity contribution is 7.17. The van der Waals surface area contributed by atoms with Crippen LogP contribution in [0.1, 0.15) is 158 Å². The van der Waals surface area contributed by atoms with Crippen LogP contribution in [0.3, 0.4) is 0 Å². The molecule has 0 bridgehead atoms. The zero-order valence-corrected chi connectivity index (χ0v) is 89.3. The van der Waals surface area contributed by atoms with E-state index in [0.717, 1.165) is 64.8 Å². The predicted octanol–water partition coefficient (Wildman–Crippen LogP) is 28.8. The number of aromatic hydroxyl groups is 5. The lowest BCUT2D eigenvalue weighted by atomic mass is 10.1. The average Bonchev–Trinajstić information content (AvgIpc) is 1.69. The number of ketones is 5. The Morgan fingerprint density at radius 1 is 0.315 bits per heavy atom. The maximum absolute atomic E-state index is 12.6. The summed E-state index contributed by atoms with van der Waals surface area (Å²) in [6, 6.07) is 50.8. The predicted molar refractivity (Wildman–Crippen MR) is 598 cm³/mol. The molecule has 40 heteroatoms. The molecule has 1 saturated carbocycles. The van der Waals surface area contributed by atoms with E-state index in [2.05, 4.69) is 30.3 Å². The van der Waals surface area contributed by atoms with E-state index in [0.29, 0.717) is 190 Å². The minimum absolute atomic E-state index is 0.00680. The van der Waals surface area contributed by atoms with Crippen molar-refractivity contribution < 1.29 is 59.1 Å². The Morgan fingerprint density at radius 2 is 0.608 bits per heavy atom. The Morgan fingerprint density at radius 3 is 0.923 bits per heavy atom. The van der Waals surface area contributed by atoms with Gasteiger partial charge in [0.2, 0.25) is 0 Å². The number of amides is 2. The number of nitrogens with one attached hydrogen (secondary N) is 1. The third-order valence-electron chi connectivity index (χ3n) is 21.8. The van der Waals surface area contributed by atoms with Crippen LogP contribution in [0, 0.1) is 0 Å². The number of Topliss-reactive ketones (excluding diaryl/α,β-unsaturated/α-hetero) is 5. The Hall–Kier alpha value is -11.6. The van der Waals surface area contributed by atoms with Crippen molar-refractivity contribution in [2.45, 2.75) is 66.3 Å². The Labute approximate surface area is 899 Å². The summed E-state index contributed by atoms with van der Waals surface area (Å²) < 4.78 is 0. The number of hydrogen-bond acceptors (Lipinski definition) is 28. The van der Waals surface area contributed by atoms with Crippen LogP contribution in [0.2, 0.25) is 50.2 Å². The fourth-order valence-corrected chi connectivity index (χ4v) is 21.9. The molecule has 0 saturated heterocycles. The van der Waals surface area contributed by atoms with Crippen LogP contribution < -0.4 is 34.0 Å². The third-order valence-corrected chi connectivity index (χ3v) is 32.9. The lowest BCUT2D eigenvalue weighted by Gasteiger charge is -2.10. The van der Waals surface area contributed by atoms with E-state index in [-0.39, 0.29) is 102 Å². The number of carbonyl (C=O) groups is 7. The van der Waals surface area contributed by atoms with Crippen molar-refractivity contribution in [1.29, 1.82) is 0 Å². The molecule has 0 spiro atoms. The summed E-state index contributed by atoms with van der Waals surface area (Å²) in [4.78, 5) is 112. The Balaban J connectivity index is 0.000000160. The molecule has 8 aromatic carbocycles. The fourth-order valence-electron chi connectivity index (χ4n) is 13.8. The molecule has 7 heterocycles. The van der Waals surface area contributed by atoms with Crippen LogP contribution in [-0.4, -0.2) is 134 Å². The van der Waals surface area contributed by atoms with Gasteiger partial charge in [0, 0.05) is 117 Å². The largest absolute Gasteiger partial charge is 0.506 e. The number of benzene rings is 8. The maximum atomic E-state index is 12.6. The molecule has 1 fully saturated rings. The molecule has 1 aliphatic rings. The molecule has 143 heavy (non-hydrogen) atoms. The van der Waals surface area contributed by atoms with Gasteiger partial charge in [-0.15, -0.1) is 79.4 Å². The molecular formula is C103H85Cl10N11O12S7. The first-order valence-corrected chi connectivity index (χ1v) is 52.6. The van der Waals surface area contributed by atoms with Crippen molar-refractivity contribution in [2.75, 3.05) is 55.7 Å². The second-order valence-corrected chi connectivity index (χ2v) is 42.2. The fraction of sp³-hybridized carbons (Fsp3) is 0.146. The van der Waals surface area contributed by atoms with Crippen molar-refractivity contribution in [3.05, 3.63) is 323 Å². The summed E-state index contributed by atoms with van der Waals surface area (Å²) in [5.74, 6) is -1.09. The first kappa shape index (κ1) is 110. The standard InChI is InChI=1S/C24H22Cl2N2O3S2.C20H17Cl2N3O2S.2C20H16Cl2N2O2S.C19H14Cl2N2O3S2/c1-13(16-12-32-23(22(16)30)14-6-7-17(25)18(26)10-14)27-11-19(29)20-8-9-21(33-20)24(31)28-15-4-2-3-5-15;1-10(25-8-18(26)11-3-5-16(23)17(24)7-11)13-9-28-20(19(13)27)12-2-4-14(21)15(22)6-12;1-11(24-9-18(25)12-2-5-14(23)6-3-12)15-10-27-20(19(15)26)13-4-7-16(21)17(22)8-13;1-11(24-9-18(25)13-4-2-3-5-17(13)23)14-10-27-20(19(14)26)12-6-7-15(21)16(22)8-12;1-9(23-7-14(24)15-4-5-16(28-15)19(22)26)11-8-27-18(17(11)25)10-2-3-12(20)13(21)6-10/h6-10,12,15,30H,2-5,11H2,1H3,(H,28,31);2-7,9,27H,8,23-24H2,1H3;2*2-8,10,26H,9,23H2,1H3;2-6,8,25H,7H2,1H3,(H2,22,26). The summed E-state index contributed by atoms with van der Waals surface area (Å²) in [7, 11) is 0. The summed E-state index contributed by atoms with van der Waals surface area (Å²) in [6.07, 6.45) is 4.31. The lowest BCUT2D eigenvalue weighted by Crippen LogP contribution is -2.31. The van der Waals surface area contributed by atoms with Gasteiger partial charge in [-0.2, -0.15) is 0 Å². The van der Waals surface area contributed by atoms with Gasteiger partial charge in [-0.05, 0) is 215 Å². The highest BCUT2D eigenvalue weighted by Crippen LogP contribution is 2.47. The van der Waals surface area contributed by atoms with Gasteiger partial charge in [-0.25, -0.2) is 0 Å². The number of halogens is 10. The van der Waals surface area contributed by atoms with Crippen LogP contribution >= 0.6 is 195 Å². The normalized spacial score (nSPS) is 12.3. The Bertz CT molecular complexity index is 7520. The van der Waals surface area contributed by atoms with Crippen molar-refractivity contribution >= 4 is 287 Å². The van der Waals surface area contributed by atoms with Crippen LogP contribution in [0.4, 0.5) is 22.7 Å². The molecule has 736 valence electrons. The third kappa shape index (κ3) is 28.6. The van der Waals surface area contributed by atoms with E-state index in [4.69, 9.17) is 145 Å². The minimum atomic E-state index is -0.568. The number of para-hydroxylation sites is 1. The van der Waals surface area contributed by atoms with Crippen molar-refractivity contribution in [1.82, 2.24) is 5.32 Å². The molecule has 16 N–H and O–H groups in total. The first-order chi connectivity index (χ1) is 68.1. The first-order valence-electron chi connectivity index (χ1n) is 42.8. The van der Waals surface area contributed by atoms with Gasteiger partial charge in [-0.1, -0.05) is 171 Å². The molecule has 2 amide bonds. The van der Waals surface area contributed by atoms with E-state index in [1.54, 1.807) is 231 Å². The number of nitrogen functional groups attached to an aromatic ring is 4. The van der Waals surface area contributed by atoms with Crippen LogP contribution in [-0.2, 0) is 0 Å². The summed E-state index contributed by atoms with van der Waals surface area (Å²) in [6.45, 7) is 8.45.